The Morgan fingerprint density at radius 3 is 1.95 bits per heavy atom. The molecule has 0 bridgehead atoms. The molecule has 7 nitrogen and oxygen atoms in total. The Morgan fingerprint density at radius 1 is 0.950 bits per heavy atom. The quantitative estimate of drug-likeness (QED) is 0.801. The van der Waals surface area contributed by atoms with Gasteiger partial charge in [-0.25, -0.2) is 0 Å². The normalized spacial score (nSPS) is 15.2. The third-order valence-electron chi connectivity index (χ3n) is 3.77. The van der Waals surface area contributed by atoms with E-state index >= 15 is 0 Å². The summed E-state index contributed by atoms with van der Waals surface area (Å²) in [7, 11) is 6.74. The molecule has 0 aliphatic rings. The van der Waals surface area contributed by atoms with Gasteiger partial charge in [0.2, 0.25) is 0 Å². The summed E-state index contributed by atoms with van der Waals surface area (Å²) in [5.74, 6) is 0. The fourth-order valence-corrected chi connectivity index (χ4v) is 6.59. The molecule has 2 rings (SSSR count). The summed E-state index contributed by atoms with van der Waals surface area (Å²) in [5, 5.41) is 8.33. The summed E-state index contributed by atoms with van der Waals surface area (Å²) in [6.07, 6.45) is 0. The minimum atomic E-state index is -4.02. The van der Waals surface area contributed by atoms with Crippen molar-refractivity contribution in [1.82, 2.24) is 28.8 Å². The van der Waals surface area contributed by atoms with Crippen molar-refractivity contribution in [3.63, 3.8) is 0 Å². The number of fused-ring (bicyclic) bond motifs is 1. The Hall–Kier alpha value is -1.11. The zero-order valence-corrected chi connectivity index (χ0v) is 13.7. The van der Waals surface area contributed by atoms with E-state index in [2.05, 4.69) is 10.3 Å². The molecule has 2 aromatic rings. The molecule has 1 heterocycles. The molecule has 8 heteroatoms. The van der Waals surface area contributed by atoms with Gasteiger partial charge in [-0.2, -0.15) is 0 Å². The molecular weight excluding hydrogens is 275 g/mol. The van der Waals surface area contributed by atoms with Crippen LogP contribution in [0.15, 0.2) is 24.3 Å². The van der Waals surface area contributed by atoms with Gasteiger partial charge in [-0.15, -0.1) is 0 Å². The van der Waals surface area contributed by atoms with Crippen LogP contribution in [-0.2, 0) is 4.89 Å². The second-order valence-electron chi connectivity index (χ2n) is 5.37. The van der Waals surface area contributed by atoms with Crippen molar-refractivity contribution >= 4 is 18.5 Å². The summed E-state index contributed by atoms with van der Waals surface area (Å²) >= 11 is 0. The third-order valence-corrected chi connectivity index (χ3v) is 8.92. The number of rotatable bonds is 4. The summed E-state index contributed by atoms with van der Waals surface area (Å²) < 4.78 is 6.69. The van der Waals surface area contributed by atoms with Crippen LogP contribution in [0.3, 0.4) is 0 Å². The van der Waals surface area contributed by atoms with Gasteiger partial charge in [-0.1, -0.05) is 0 Å². The number of nitrogens with zero attached hydrogens (tertiary/aromatic N) is 6. The molecule has 0 atom stereocenters. The van der Waals surface area contributed by atoms with Crippen LogP contribution in [0.5, 0.6) is 0 Å². The number of para-hydroxylation sites is 1. The topological polar surface area (TPSA) is 60.3 Å². The first-order valence-corrected chi connectivity index (χ1v) is 8.31. The predicted octanol–water partition coefficient (Wildman–Crippen LogP) is 1.52. The summed E-state index contributed by atoms with van der Waals surface area (Å²) in [6.45, 7) is 0. The van der Waals surface area contributed by atoms with E-state index in [1.54, 1.807) is 60.7 Å². The van der Waals surface area contributed by atoms with Crippen molar-refractivity contribution in [2.24, 2.45) is 0 Å². The standard InChI is InChI=1S/C12H22N6OP/c1-15(2)20(19,16(3)4,17(5)6)18-12-10-8-7-9-11(12)13-14-18/h7-10H,1-6H3. The van der Waals surface area contributed by atoms with Crippen LogP contribution in [0.2, 0.25) is 0 Å². The van der Waals surface area contributed by atoms with E-state index in [-0.39, 0.29) is 0 Å². The van der Waals surface area contributed by atoms with Gasteiger partial charge in [-0.3, -0.25) is 0 Å². The van der Waals surface area contributed by atoms with E-state index in [4.69, 9.17) is 0 Å². The molecule has 0 saturated carbocycles. The molecule has 0 N–H and O–H groups in total. The van der Waals surface area contributed by atoms with Gasteiger partial charge in [0, 0.05) is 0 Å². The number of hydrogen-bond donors (Lipinski definition) is 0. The molecular formula is C12H22N6OP. The van der Waals surface area contributed by atoms with Crippen molar-refractivity contribution in [1.29, 1.82) is 0 Å². The second-order valence-corrected chi connectivity index (χ2v) is 9.88. The maximum absolute atomic E-state index is 14.2. The fraction of sp³-hybridized carbons (Fsp3) is 0.500. The summed E-state index contributed by atoms with van der Waals surface area (Å²) in [6, 6.07) is 7.53. The van der Waals surface area contributed by atoms with E-state index < -0.39 is 7.43 Å². The number of aromatic nitrogens is 3. The second kappa shape index (κ2) is 4.72. The number of hydrogen-bond acceptors (Lipinski definition) is 5. The first-order valence-electron chi connectivity index (χ1n) is 6.34. The Balaban J connectivity index is 2.89. The van der Waals surface area contributed by atoms with Crippen LogP contribution < -0.4 is 0 Å². The molecule has 0 aliphatic carbocycles. The molecule has 111 valence electrons. The first kappa shape index (κ1) is 15.3. The molecule has 20 heavy (non-hydrogen) atoms. The Labute approximate surface area is 119 Å². The van der Waals surface area contributed by atoms with E-state index in [9.17, 15) is 4.89 Å². The van der Waals surface area contributed by atoms with Gasteiger partial charge < -0.3 is 0 Å². The van der Waals surface area contributed by atoms with Crippen molar-refractivity contribution < 1.29 is 4.89 Å². The van der Waals surface area contributed by atoms with E-state index in [1.807, 2.05) is 24.3 Å². The molecule has 1 aromatic heterocycles. The van der Waals surface area contributed by atoms with E-state index in [0.717, 1.165) is 11.0 Å². The van der Waals surface area contributed by atoms with Gasteiger partial charge in [0.1, 0.15) is 0 Å². The number of benzene rings is 1. The van der Waals surface area contributed by atoms with Crippen LogP contribution in [0.1, 0.15) is 0 Å². The zero-order chi connectivity index (χ0) is 15.2. The van der Waals surface area contributed by atoms with E-state index in [1.165, 1.54) is 0 Å². The van der Waals surface area contributed by atoms with Gasteiger partial charge in [-0.05, 0) is 0 Å². The van der Waals surface area contributed by atoms with Gasteiger partial charge in [0.25, 0.3) is 0 Å². The monoisotopic (exact) mass is 297 g/mol. The molecule has 0 saturated heterocycles. The van der Waals surface area contributed by atoms with Crippen molar-refractivity contribution in [2.75, 3.05) is 42.3 Å². The predicted molar refractivity (Wildman–Crippen MR) is 81.6 cm³/mol. The average Bonchev–Trinajstić information content (AvgIpc) is 2.81. The van der Waals surface area contributed by atoms with Crippen molar-refractivity contribution in [2.45, 2.75) is 0 Å². The van der Waals surface area contributed by atoms with Crippen LogP contribution in [-0.4, -0.2) is 71.1 Å². The summed E-state index contributed by atoms with van der Waals surface area (Å²) in [5.41, 5.74) is 1.47. The molecule has 0 spiro atoms. The third kappa shape index (κ3) is 1.65. The maximum atomic E-state index is 14.2. The molecule has 0 amide bonds. The Bertz CT molecular complexity index is 599. The van der Waals surface area contributed by atoms with Crippen LogP contribution >= 0.6 is 7.43 Å². The van der Waals surface area contributed by atoms with Gasteiger partial charge in [0.15, 0.2) is 0 Å². The van der Waals surface area contributed by atoms with Crippen LogP contribution in [0.4, 0.5) is 0 Å². The summed E-state index contributed by atoms with van der Waals surface area (Å²) in [4.78, 5) is 14.2. The Kier molecular flexibility index (Phi) is 3.60. The van der Waals surface area contributed by atoms with Crippen molar-refractivity contribution in [3.05, 3.63) is 24.3 Å². The minimum absolute atomic E-state index is 0.725. The van der Waals surface area contributed by atoms with Crippen molar-refractivity contribution in [3.8, 4) is 0 Å². The van der Waals surface area contributed by atoms with Crippen LogP contribution in [0, 0.1) is 0 Å². The van der Waals surface area contributed by atoms with E-state index in [0.29, 0.717) is 0 Å². The molecule has 0 unspecified atom stereocenters. The molecule has 1 radical (unpaired) electrons. The average molecular weight is 297 g/mol. The molecule has 0 fully saturated rings. The SMILES string of the molecule is CN(C)P([O])(N(C)C)(N(C)C)n1nnc2ccccc21. The first-order chi connectivity index (χ1) is 9.24. The fourth-order valence-electron chi connectivity index (χ4n) is 2.70. The molecule has 0 aliphatic heterocycles. The van der Waals surface area contributed by atoms with Gasteiger partial charge >= 0.3 is 119 Å². The zero-order valence-electron chi connectivity index (χ0n) is 12.8. The van der Waals surface area contributed by atoms with Gasteiger partial charge in [0.05, 0.1) is 0 Å². The van der Waals surface area contributed by atoms with Crippen LogP contribution in [0.25, 0.3) is 11.0 Å². The molecule has 1 aromatic carbocycles. The Morgan fingerprint density at radius 2 is 1.45 bits per heavy atom.